The summed E-state index contributed by atoms with van der Waals surface area (Å²) in [6.07, 6.45) is 1.91. The summed E-state index contributed by atoms with van der Waals surface area (Å²) < 4.78 is 1.43. The number of hydrogen-bond acceptors (Lipinski definition) is 7. The van der Waals surface area contributed by atoms with Crippen molar-refractivity contribution in [2.24, 2.45) is 0 Å². The van der Waals surface area contributed by atoms with Gasteiger partial charge in [-0.15, -0.1) is 5.10 Å². The molecule has 4 rings (SSSR count). The lowest BCUT2D eigenvalue weighted by atomic mass is 10.1. The third-order valence-corrected chi connectivity index (χ3v) is 5.52. The Balaban J connectivity index is 1.40. The standard InChI is InChI=1S/C20H18N6O4S/c27-14-7-5-13(6-8-14)26-20(23-24-25-26)31-11-18(28)22-17(19(29)30)9-12-10-21-16-4-2-1-3-15(12)16/h1-8,10,17,21,27H,9,11H2,(H,22,28)(H,29,30). The van der Waals surface area contributed by atoms with Crippen LogP contribution in [0.3, 0.4) is 0 Å². The number of rotatable bonds is 8. The first-order valence-corrected chi connectivity index (χ1v) is 10.3. The van der Waals surface area contributed by atoms with E-state index in [-0.39, 0.29) is 17.9 Å². The maximum absolute atomic E-state index is 12.4. The summed E-state index contributed by atoms with van der Waals surface area (Å²) >= 11 is 1.08. The van der Waals surface area contributed by atoms with E-state index in [0.29, 0.717) is 10.8 Å². The molecular formula is C20H18N6O4S. The van der Waals surface area contributed by atoms with Gasteiger partial charge >= 0.3 is 5.97 Å². The Kier molecular flexibility index (Phi) is 5.85. The van der Waals surface area contributed by atoms with E-state index < -0.39 is 17.9 Å². The highest BCUT2D eigenvalue weighted by atomic mass is 32.2. The summed E-state index contributed by atoms with van der Waals surface area (Å²) in [6, 6.07) is 12.8. The molecule has 11 heteroatoms. The summed E-state index contributed by atoms with van der Waals surface area (Å²) in [5.74, 6) is -1.51. The zero-order valence-corrected chi connectivity index (χ0v) is 16.9. The van der Waals surface area contributed by atoms with E-state index in [1.165, 1.54) is 16.8 Å². The highest BCUT2D eigenvalue weighted by Crippen LogP contribution is 2.21. The van der Waals surface area contributed by atoms with Crippen molar-refractivity contribution in [2.45, 2.75) is 17.6 Å². The van der Waals surface area contributed by atoms with Crippen molar-refractivity contribution in [1.82, 2.24) is 30.5 Å². The number of amides is 1. The number of H-pyrrole nitrogens is 1. The van der Waals surface area contributed by atoms with Crippen molar-refractivity contribution in [3.63, 3.8) is 0 Å². The Hall–Kier alpha value is -3.86. The van der Waals surface area contributed by atoms with Gasteiger partial charge in [-0.1, -0.05) is 30.0 Å². The lowest BCUT2D eigenvalue weighted by molar-refractivity contribution is -0.141. The Morgan fingerprint density at radius 3 is 2.71 bits per heavy atom. The van der Waals surface area contributed by atoms with E-state index >= 15 is 0 Å². The van der Waals surface area contributed by atoms with Gasteiger partial charge in [0.1, 0.15) is 11.8 Å². The smallest absolute Gasteiger partial charge is 0.326 e. The highest BCUT2D eigenvalue weighted by Gasteiger charge is 2.22. The minimum absolute atomic E-state index is 0.0594. The van der Waals surface area contributed by atoms with Gasteiger partial charge in [0.25, 0.3) is 0 Å². The molecule has 4 aromatic rings. The molecule has 0 fully saturated rings. The molecule has 0 radical (unpaired) electrons. The molecule has 1 unspecified atom stereocenters. The van der Waals surface area contributed by atoms with Gasteiger partial charge in [-0.3, -0.25) is 4.79 Å². The molecule has 2 aromatic heterocycles. The summed E-state index contributed by atoms with van der Waals surface area (Å²) in [4.78, 5) is 27.2. The number of thioether (sulfide) groups is 1. The molecular weight excluding hydrogens is 420 g/mol. The van der Waals surface area contributed by atoms with E-state index in [1.807, 2.05) is 24.3 Å². The molecule has 0 saturated heterocycles. The number of hydrogen-bond donors (Lipinski definition) is 4. The fourth-order valence-corrected chi connectivity index (χ4v) is 3.81. The summed E-state index contributed by atoms with van der Waals surface area (Å²) in [7, 11) is 0. The van der Waals surface area contributed by atoms with Crippen LogP contribution < -0.4 is 5.32 Å². The topological polar surface area (TPSA) is 146 Å². The minimum atomic E-state index is -1.11. The molecule has 0 aliphatic rings. The van der Waals surface area contributed by atoms with Gasteiger partial charge in [-0.25, -0.2) is 4.79 Å². The number of fused-ring (bicyclic) bond motifs is 1. The Bertz CT molecular complexity index is 1220. The van der Waals surface area contributed by atoms with Crippen molar-refractivity contribution < 1.29 is 19.8 Å². The number of carbonyl (C=O) groups is 2. The Morgan fingerprint density at radius 2 is 1.94 bits per heavy atom. The third kappa shape index (κ3) is 4.67. The van der Waals surface area contributed by atoms with Gasteiger partial charge in [0, 0.05) is 23.5 Å². The van der Waals surface area contributed by atoms with Crippen LogP contribution in [0.25, 0.3) is 16.6 Å². The third-order valence-electron chi connectivity index (χ3n) is 4.60. The molecule has 4 N–H and O–H groups in total. The van der Waals surface area contributed by atoms with Crippen molar-refractivity contribution >= 4 is 34.5 Å². The number of carboxylic acid groups (broad SMARTS) is 1. The molecule has 31 heavy (non-hydrogen) atoms. The van der Waals surface area contributed by atoms with Crippen LogP contribution in [0.1, 0.15) is 5.56 Å². The number of phenolic OH excluding ortho intramolecular Hbond substituents is 1. The van der Waals surface area contributed by atoms with Crippen LogP contribution in [-0.2, 0) is 16.0 Å². The first kappa shape index (κ1) is 20.4. The molecule has 0 aliphatic heterocycles. The lowest BCUT2D eigenvalue weighted by Gasteiger charge is -2.14. The van der Waals surface area contributed by atoms with Crippen LogP contribution in [0.4, 0.5) is 0 Å². The number of nitrogens with zero attached hydrogens (tertiary/aromatic N) is 4. The van der Waals surface area contributed by atoms with Crippen molar-refractivity contribution in [3.8, 4) is 11.4 Å². The Morgan fingerprint density at radius 1 is 1.16 bits per heavy atom. The van der Waals surface area contributed by atoms with Crippen LogP contribution in [0.15, 0.2) is 59.9 Å². The van der Waals surface area contributed by atoms with Crippen molar-refractivity contribution in [1.29, 1.82) is 0 Å². The van der Waals surface area contributed by atoms with E-state index in [0.717, 1.165) is 28.2 Å². The molecule has 0 saturated carbocycles. The molecule has 1 atom stereocenters. The summed E-state index contributed by atoms with van der Waals surface area (Å²) in [5.41, 5.74) is 2.34. The average molecular weight is 438 g/mol. The monoisotopic (exact) mass is 438 g/mol. The van der Waals surface area contributed by atoms with Gasteiger partial charge in [-0.05, 0) is 46.3 Å². The van der Waals surface area contributed by atoms with Gasteiger partial charge in [0.2, 0.25) is 11.1 Å². The number of aromatic hydroxyl groups is 1. The number of aromatic amines is 1. The number of phenols is 1. The molecule has 2 aromatic carbocycles. The van der Waals surface area contributed by atoms with Gasteiger partial charge < -0.3 is 20.5 Å². The maximum Gasteiger partial charge on any atom is 0.326 e. The molecule has 158 valence electrons. The number of aromatic nitrogens is 5. The van der Waals surface area contributed by atoms with Gasteiger partial charge in [0.05, 0.1) is 11.4 Å². The number of nitrogens with one attached hydrogen (secondary N) is 2. The Labute approximate surface area is 180 Å². The first-order valence-electron chi connectivity index (χ1n) is 9.29. The van der Waals surface area contributed by atoms with Crippen molar-refractivity contribution in [2.75, 3.05) is 5.75 Å². The minimum Gasteiger partial charge on any atom is -0.508 e. The van der Waals surface area contributed by atoms with Crippen LogP contribution in [0.2, 0.25) is 0 Å². The predicted molar refractivity (Wildman–Crippen MR) is 113 cm³/mol. The molecule has 0 spiro atoms. The quantitative estimate of drug-likeness (QED) is 0.304. The van der Waals surface area contributed by atoms with E-state index in [4.69, 9.17) is 0 Å². The number of tetrazole rings is 1. The number of para-hydroxylation sites is 1. The van der Waals surface area contributed by atoms with Crippen LogP contribution in [0.5, 0.6) is 5.75 Å². The first-order chi connectivity index (χ1) is 15.0. The normalized spacial score (nSPS) is 12.0. The molecule has 2 heterocycles. The second-order valence-corrected chi connectivity index (χ2v) is 7.64. The van der Waals surface area contributed by atoms with Crippen LogP contribution in [-0.4, -0.2) is 59.1 Å². The van der Waals surface area contributed by atoms with E-state index in [1.54, 1.807) is 18.3 Å². The molecule has 10 nitrogen and oxygen atoms in total. The second-order valence-electron chi connectivity index (χ2n) is 6.70. The van der Waals surface area contributed by atoms with Crippen LogP contribution >= 0.6 is 11.8 Å². The average Bonchev–Trinajstić information content (AvgIpc) is 3.39. The number of carbonyl (C=O) groups excluding carboxylic acids is 1. The van der Waals surface area contributed by atoms with Gasteiger partial charge in [0.15, 0.2) is 0 Å². The molecule has 1 amide bonds. The number of benzene rings is 2. The number of carboxylic acids is 1. The molecule has 0 aliphatic carbocycles. The van der Waals surface area contributed by atoms with E-state index in [9.17, 15) is 19.8 Å². The highest BCUT2D eigenvalue weighted by molar-refractivity contribution is 7.99. The SMILES string of the molecule is O=C(CSc1nnnn1-c1ccc(O)cc1)NC(Cc1c[nH]c2ccccc12)C(=O)O. The number of aliphatic carboxylic acids is 1. The largest absolute Gasteiger partial charge is 0.508 e. The fourth-order valence-electron chi connectivity index (χ4n) is 3.11. The summed E-state index contributed by atoms with van der Waals surface area (Å²) in [6.45, 7) is 0. The lowest BCUT2D eigenvalue weighted by Crippen LogP contribution is -2.43. The van der Waals surface area contributed by atoms with Crippen molar-refractivity contribution in [3.05, 3.63) is 60.3 Å². The maximum atomic E-state index is 12.4. The predicted octanol–water partition coefficient (Wildman–Crippen LogP) is 1.75. The zero-order valence-electron chi connectivity index (χ0n) is 16.1. The zero-order chi connectivity index (χ0) is 21.8. The second kappa shape index (κ2) is 8.88. The summed E-state index contributed by atoms with van der Waals surface area (Å²) in [5, 5.41) is 34.2. The van der Waals surface area contributed by atoms with Gasteiger partial charge in [-0.2, -0.15) is 4.68 Å². The fraction of sp³-hybridized carbons (Fsp3) is 0.150. The molecule has 0 bridgehead atoms. The van der Waals surface area contributed by atoms with Crippen LogP contribution in [0, 0.1) is 0 Å². The van der Waals surface area contributed by atoms with E-state index in [2.05, 4.69) is 25.8 Å².